The lowest BCUT2D eigenvalue weighted by Gasteiger charge is -2.18. The molecule has 0 spiro atoms. The number of carbonyl (C=O) groups excluding carboxylic acids is 2. The predicted molar refractivity (Wildman–Crippen MR) is 110 cm³/mol. The number of rotatable bonds is 7. The van der Waals surface area contributed by atoms with Crippen molar-refractivity contribution < 1.29 is 9.59 Å². The van der Waals surface area contributed by atoms with Crippen LogP contribution in [0.15, 0.2) is 40.7 Å². The highest BCUT2D eigenvalue weighted by molar-refractivity contribution is 8.00. The van der Waals surface area contributed by atoms with E-state index in [9.17, 15) is 9.59 Å². The van der Waals surface area contributed by atoms with Crippen LogP contribution in [0, 0.1) is 5.41 Å². The van der Waals surface area contributed by atoms with Crippen LogP contribution in [0.3, 0.4) is 0 Å². The average Bonchev–Trinajstić information content (AvgIpc) is 3.03. The van der Waals surface area contributed by atoms with Crippen molar-refractivity contribution in [2.45, 2.75) is 50.7 Å². The molecule has 1 atom stereocenters. The number of anilines is 2. The van der Waals surface area contributed by atoms with Crippen molar-refractivity contribution in [1.29, 1.82) is 0 Å². The first-order chi connectivity index (χ1) is 12.3. The molecule has 0 saturated carbocycles. The number of hydrogen-bond acceptors (Lipinski definition) is 5. The molecule has 0 aliphatic heterocycles. The summed E-state index contributed by atoms with van der Waals surface area (Å²) in [5.74, 6) is -0.0668. The zero-order valence-electron chi connectivity index (χ0n) is 15.5. The van der Waals surface area contributed by atoms with Crippen LogP contribution in [-0.2, 0) is 9.59 Å². The highest BCUT2D eigenvalue weighted by atomic mass is 32.2. The van der Waals surface area contributed by atoms with Gasteiger partial charge in [-0.2, -0.15) is 0 Å². The maximum atomic E-state index is 12.4. The van der Waals surface area contributed by atoms with E-state index in [1.54, 1.807) is 6.20 Å². The van der Waals surface area contributed by atoms with Crippen LogP contribution in [0.1, 0.15) is 40.5 Å². The molecule has 2 rings (SSSR count). The third kappa shape index (κ3) is 6.80. The summed E-state index contributed by atoms with van der Waals surface area (Å²) in [4.78, 5) is 29.6. The van der Waals surface area contributed by atoms with Gasteiger partial charge in [0.2, 0.25) is 11.8 Å². The molecule has 2 aromatic rings. The van der Waals surface area contributed by atoms with E-state index in [1.165, 1.54) is 23.1 Å². The normalized spacial score (nSPS) is 12.5. The fourth-order valence-corrected chi connectivity index (χ4v) is 3.84. The summed E-state index contributed by atoms with van der Waals surface area (Å²) in [6.07, 6.45) is 2.82. The van der Waals surface area contributed by atoms with Crippen molar-refractivity contribution in [2.24, 2.45) is 5.41 Å². The summed E-state index contributed by atoms with van der Waals surface area (Å²) in [5.41, 5.74) is 0.692. The van der Waals surface area contributed by atoms with Crippen molar-refractivity contribution in [1.82, 2.24) is 4.98 Å². The van der Waals surface area contributed by atoms with Gasteiger partial charge in [0.05, 0.1) is 5.25 Å². The van der Waals surface area contributed by atoms with E-state index >= 15 is 0 Å². The number of carbonyl (C=O) groups is 2. The molecular weight excluding hydrogens is 366 g/mol. The van der Waals surface area contributed by atoms with Gasteiger partial charge in [-0.25, -0.2) is 4.98 Å². The number of nitrogens with one attached hydrogen (secondary N) is 2. The molecule has 1 aromatic heterocycles. The summed E-state index contributed by atoms with van der Waals surface area (Å²) < 4.78 is 0. The minimum atomic E-state index is -0.223. The first kappa shape index (κ1) is 20.5. The Balaban J connectivity index is 1.99. The highest BCUT2D eigenvalue weighted by Gasteiger charge is 2.20. The smallest absolute Gasteiger partial charge is 0.239 e. The number of thioether (sulfide) groups is 1. The molecule has 2 N–H and O–H groups in total. The van der Waals surface area contributed by atoms with Crippen LogP contribution in [0.4, 0.5) is 10.8 Å². The van der Waals surface area contributed by atoms with Crippen LogP contribution in [0.5, 0.6) is 0 Å². The maximum absolute atomic E-state index is 12.4. The van der Waals surface area contributed by atoms with Gasteiger partial charge < -0.3 is 10.6 Å². The van der Waals surface area contributed by atoms with Gasteiger partial charge in [0.1, 0.15) is 0 Å². The Labute approximate surface area is 163 Å². The molecule has 7 heteroatoms. The Morgan fingerprint density at radius 1 is 1.27 bits per heavy atom. The molecule has 0 aliphatic rings. The molecule has 5 nitrogen and oxygen atoms in total. The average molecular weight is 392 g/mol. The Bertz CT molecular complexity index is 739. The second kappa shape index (κ2) is 9.19. The van der Waals surface area contributed by atoms with E-state index < -0.39 is 0 Å². The third-order valence-corrected chi connectivity index (χ3v) is 5.46. The zero-order valence-corrected chi connectivity index (χ0v) is 17.2. The zero-order chi connectivity index (χ0) is 19.2. The second-order valence-electron chi connectivity index (χ2n) is 7.15. The third-order valence-electron chi connectivity index (χ3n) is 3.41. The molecule has 140 valence electrons. The van der Waals surface area contributed by atoms with Gasteiger partial charge in [-0.15, -0.1) is 23.1 Å². The lowest BCUT2D eigenvalue weighted by molar-refractivity contribution is -0.118. The Morgan fingerprint density at radius 2 is 2.04 bits per heavy atom. The molecule has 0 radical (unpaired) electrons. The van der Waals surface area contributed by atoms with Crippen LogP contribution in [0.25, 0.3) is 0 Å². The number of amides is 2. The monoisotopic (exact) mass is 391 g/mol. The van der Waals surface area contributed by atoms with Gasteiger partial charge in [0.15, 0.2) is 5.13 Å². The quantitative estimate of drug-likeness (QED) is 0.650. The van der Waals surface area contributed by atoms with Crippen LogP contribution >= 0.6 is 23.1 Å². The van der Waals surface area contributed by atoms with E-state index in [-0.39, 0.29) is 22.5 Å². The topological polar surface area (TPSA) is 71.1 Å². The molecular formula is C19H25N3O2S2. The van der Waals surface area contributed by atoms with E-state index in [2.05, 4.69) is 15.6 Å². The number of thiazole rings is 1. The Hall–Kier alpha value is -1.86. The van der Waals surface area contributed by atoms with Crippen LogP contribution < -0.4 is 10.6 Å². The summed E-state index contributed by atoms with van der Waals surface area (Å²) in [6, 6.07) is 7.61. The van der Waals surface area contributed by atoms with Gasteiger partial charge in [-0.05, 0) is 30.0 Å². The van der Waals surface area contributed by atoms with E-state index in [4.69, 9.17) is 0 Å². The van der Waals surface area contributed by atoms with Gasteiger partial charge in [-0.1, -0.05) is 33.8 Å². The number of hydrogen-bond donors (Lipinski definition) is 2. The van der Waals surface area contributed by atoms with Gasteiger partial charge in [-0.3, -0.25) is 9.59 Å². The summed E-state index contributed by atoms with van der Waals surface area (Å²) in [6.45, 7) is 8.08. The van der Waals surface area contributed by atoms with E-state index in [1.807, 2.05) is 57.3 Å². The van der Waals surface area contributed by atoms with Gasteiger partial charge >= 0.3 is 0 Å². The van der Waals surface area contributed by atoms with Crippen molar-refractivity contribution in [3.05, 3.63) is 35.8 Å². The molecule has 1 unspecified atom stereocenters. The first-order valence-corrected chi connectivity index (χ1v) is 10.3. The van der Waals surface area contributed by atoms with Crippen LogP contribution in [-0.4, -0.2) is 22.0 Å². The largest absolute Gasteiger partial charge is 0.326 e. The molecule has 0 bridgehead atoms. The Morgan fingerprint density at radius 3 is 2.65 bits per heavy atom. The number of nitrogens with zero attached hydrogens (tertiary/aromatic N) is 1. The highest BCUT2D eigenvalue weighted by Crippen LogP contribution is 2.29. The molecule has 2 amide bonds. The molecule has 26 heavy (non-hydrogen) atoms. The predicted octanol–water partition coefficient (Wildman–Crippen LogP) is 5.03. The molecule has 0 saturated heterocycles. The second-order valence-corrected chi connectivity index (χ2v) is 9.33. The van der Waals surface area contributed by atoms with Crippen LogP contribution in [0.2, 0.25) is 0 Å². The molecule has 1 aromatic carbocycles. The minimum absolute atomic E-state index is 0.00629. The van der Waals surface area contributed by atoms with Crippen molar-refractivity contribution in [3.8, 4) is 0 Å². The summed E-state index contributed by atoms with van der Waals surface area (Å²) in [7, 11) is 0. The molecule has 0 aliphatic carbocycles. The van der Waals surface area contributed by atoms with Crippen molar-refractivity contribution in [3.63, 3.8) is 0 Å². The maximum Gasteiger partial charge on any atom is 0.239 e. The summed E-state index contributed by atoms with van der Waals surface area (Å²) in [5, 5.41) is 7.99. The van der Waals surface area contributed by atoms with Crippen molar-refractivity contribution in [2.75, 3.05) is 10.6 Å². The Kier molecular flexibility index (Phi) is 7.23. The fraction of sp³-hybridized carbons (Fsp3) is 0.421. The van der Waals surface area contributed by atoms with E-state index in [0.29, 0.717) is 18.0 Å². The first-order valence-electron chi connectivity index (χ1n) is 8.54. The molecule has 0 fully saturated rings. The van der Waals surface area contributed by atoms with Gasteiger partial charge in [0, 0.05) is 28.6 Å². The SMILES string of the molecule is CCC(Sc1cccc(NC(=O)CC(C)(C)C)c1)C(=O)Nc1nccs1. The lowest BCUT2D eigenvalue weighted by Crippen LogP contribution is -2.24. The van der Waals surface area contributed by atoms with E-state index in [0.717, 1.165) is 10.6 Å². The minimum Gasteiger partial charge on any atom is -0.326 e. The standard InChI is InChI=1S/C19H25N3O2S2/c1-5-15(17(24)22-18-20-9-10-25-18)26-14-8-6-7-13(11-14)21-16(23)12-19(2,3)4/h6-11,15H,5,12H2,1-4H3,(H,21,23)(H,20,22,24). The van der Waals surface area contributed by atoms with Gasteiger partial charge in [0.25, 0.3) is 0 Å². The van der Waals surface area contributed by atoms with Crippen molar-refractivity contribution >= 4 is 45.7 Å². The summed E-state index contributed by atoms with van der Waals surface area (Å²) >= 11 is 2.89. The number of benzene rings is 1. The number of aromatic nitrogens is 1. The fourth-order valence-electron chi connectivity index (χ4n) is 2.29. The molecule has 1 heterocycles. The lowest BCUT2D eigenvalue weighted by atomic mass is 9.92.